The van der Waals surface area contributed by atoms with Crippen molar-refractivity contribution in [3.8, 4) is 11.4 Å². The molecule has 1 aliphatic carbocycles. The molecule has 2 N–H and O–H groups in total. The molecular weight excluding hydrogens is 306 g/mol. The van der Waals surface area contributed by atoms with Crippen molar-refractivity contribution in [1.29, 1.82) is 0 Å². The Kier molecular flexibility index (Phi) is 4.66. The third kappa shape index (κ3) is 3.48. The summed E-state index contributed by atoms with van der Waals surface area (Å²) in [5.41, 5.74) is 0.423. The zero-order chi connectivity index (χ0) is 17.2. The van der Waals surface area contributed by atoms with Crippen LogP contribution < -0.4 is 5.32 Å². The van der Waals surface area contributed by atoms with Gasteiger partial charge in [0.05, 0.1) is 0 Å². The normalized spacial score (nSPS) is 17.0. The van der Waals surface area contributed by atoms with Gasteiger partial charge in [-0.05, 0) is 25.0 Å². The van der Waals surface area contributed by atoms with Crippen LogP contribution in [0, 0.1) is 5.92 Å². The molecule has 1 aromatic heterocycles. The molecule has 6 heteroatoms. The smallest absolute Gasteiger partial charge is 0.258 e. The Morgan fingerprint density at radius 3 is 2.75 bits per heavy atom. The van der Waals surface area contributed by atoms with Crippen LogP contribution in [0.15, 0.2) is 28.8 Å². The van der Waals surface area contributed by atoms with Crippen LogP contribution in [-0.2, 0) is 10.4 Å². The lowest BCUT2D eigenvalue weighted by Gasteiger charge is -2.27. The Hall–Kier alpha value is -2.21. The molecule has 6 nitrogen and oxygen atoms in total. The monoisotopic (exact) mass is 329 g/mol. The number of hydrogen-bond acceptors (Lipinski definition) is 5. The highest BCUT2D eigenvalue weighted by Crippen LogP contribution is 2.36. The first-order chi connectivity index (χ1) is 11.5. The van der Waals surface area contributed by atoms with Gasteiger partial charge in [-0.25, -0.2) is 0 Å². The molecular formula is C18H23N3O3. The van der Waals surface area contributed by atoms with Gasteiger partial charge in [-0.15, -0.1) is 0 Å². The van der Waals surface area contributed by atoms with Crippen LogP contribution in [0.2, 0.25) is 0 Å². The van der Waals surface area contributed by atoms with E-state index in [9.17, 15) is 9.90 Å². The highest BCUT2D eigenvalue weighted by Gasteiger charge is 2.37. The van der Waals surface area contributed by atoms with E-state index in [1.165, 1.54) is 0 Å². The van der Waals surface area contributed by atoms with Gasteiger partial charge in [-0.1, -0.05) is 50.4 Å². The van der Waals surface area contributed by atoms with Crippen molar-refractivity contribution in [2.24, 2.45) is 5.92 Å². The van der Waals surface area contributed by atoms with E-state index in [1.54, 1.807) is 6.07 Å². The maximum absolute atomic E-state index is 11.8. The summed E-state index contributed by atoms with van der Waals surface area (Å²) in [4.78, 5) is 16.2. The van der Waals surface area contributed by atoms with Gasteiger partial charge in [0.25, 0.3) is 5.89 Å². The molecule has 0 spiro atoms. The van der Waals surface area contributed by atoms with Crippen LogP contribution >= 0.6 is 0 Å². The first-order valence-corrected chi connectivity index (χ1v) is 8.46. The Balaban J connectivity index is 1.81. The van der Waals surface area contributed by atoms with Crippen molar-refractivity contribution in [2.75, 3.05) is 5.32 Å². The molecule has 1 fully saturated rings. The highest BCUT2D eigenvalue weighted by molar-refractivity contribution is 5.92. The number of carbonyl (C=O) groups excluding carboxylic acids is 1. The summed E-state index contributed by atoms with van der Waals surface area (Å²) in [7, 11) is 0. The molecule has 0 aliphatic heterocycles. The van der Waals surface area contributed by atoms with E-state index in [0.29, 0.717) is 24.4 Å². The number of benzene rings is 1. The van der Waals surface area contributed by atoms with E-state index in [-0.39, 0.29) is 17.7 Å². The lowest BCUT2D eigenvalue weighted by molar-refractivity contribution is -0.118. The van der Waals surface area contributed by atoms with E-state index in [0.717, 1.165) is 24.8 Å². The predicted molar refractivity (Wildman–Crippen MR) is 90.2 cm³/mol. The topological polar surface area (TPSA) is 88.2 Å². The van der Waals surface area contributed by atoms with E-state index >= 15 is 0 Å². The highest BCUT2D eigenvalue weighted by atomic mass is 16.5. The number of aromatic nitrogens is 2. The van der Waals surface area contributed by atoms with Gasteiger partial charge in [0.2, 0.25) is 11.7 Å². The van der Waals surface area contributed by atoms with Crippen molar-refractivity contribution in [3.05, 3.63) is 30.2 Å². The standard InChI is InChI=1S/C18H23N3O3/c1-12(2)16(22)19-14-8-6-7-13(11-14)15-20-17(24-21-15)18(23)9-4-3-5-10-18/h6-8,11-12,23H,3-5,9-10H2,1-2H3,(H,19,22). The molecule has 0 atom stereocenters. The van der Waals surface area contributed by atoms with Gasteiger partial charge in [0.1, 0.15) is 5.60 Å². The molecule has 2 aromatic rings. The third-order valence-corrected chi connectivity index (χ3v) is 4.42. The minimum atomic E-state index is -1.01. The summed E-state index contributed by atoms with van der Waals surface area (Å²) in [5, 5.41) is 17.5. The number of anilines is 1. The maximum atomic E-state index is 11.8. The summed E-state index contributed by atoms with van der Waals surface area (Å²) in [6.45, 7) is 3.69. The number of rotatable bonds is 4. The van der Waals surface area contributed by atoms with Crippen molar-refractivity contribution in [2.45, 2.75) is 51.6 Å². The Morgan fingerprint density at radius 1 is 1.29 bits per heavy atom. The maximum Gasteiger partial charge on any atom is 0.258 e. The fourth-order valence-electron chi connectivity index (χ4n) is 2.90. The van der Waals surface area contributed by atoms with Crippen molar-refractivity contribution >= 4 is 11.6 Å². The Labute approximate surface area is 141 Å². The minimum absolute atomic E-state index is 0.0440. The second-order valence-corrected chi connectivity index (χ2v) is 6.74. The molecule has 1 heterocycles. The molecule has 1 amide bonds. The molecule has 1 aromatic carbocycles. The van der Waals surface area contributed by atoms with Gasteiger partial charge in [-0.2, -0.15) is 4.98 Å². The van der Waals surface area contributed by atoms with E-state index in [2.05, 4.69) is 15.5 Å². The number of aliphatic hydroxyl groups is 1. The SMILES string of the molecule is CC(C)C(=O)Nc1cccc(-c2noc(C3(O)CCCCC3)n2)c1. The first kappa shape index (κ1) is 16.6. The number of nitrogens with one attached hydrogen (secondary N) is 1. The Morgan fingerprint density at radius 2 is 2.04 bits per heavy atom. The lowest BCUT2D eigenvalue weighted by Crippen LogP contribution is -2.28. The van der Waals surface area contributed by atoms with E-state index < -0.39 is 5.60 Å². The summed E-state index contributed by atoms with van der Waals surface area (Å²) in [6.07, 6.45) is 4.36. The van der Waals surface area contributed by atoms with E-state index in [4.69, 9.17) is 4.52 Å². The molecule has 0 radical (unpaired) electrons. The van der Waals surface area contributed by atoms with Crippen molar-refractivity contribution < 1.29 is 14.4 Å². The third-order valence-electron chi connectivity index (χ3n) is 4.42. The fraction of sp³-hybridized carbons (Fsp3) is 0.500. The second-order valence-electron chi connectivity index (χ2n) is 6.74. The van der Waals surface area contributed by atoms with Crippen LogP contribution in [0.4, 0.5) is 5.69 Å². The summed E-state index contributed by atoms with van der Waals surface area (Å²) in [5.74, 6) is 0.571. The first-order valence-electron chi connectivity index (χ1n) is 8.46. The van der Waals surface area contributed by atoms with Crippen molar-refractivity contribution in [1.82, 2.24) is 10.1 Å². The van der Waals surface area contributed by atoms with E-state index in [1.807, 2.05) is 32.0 Å². The average molecular weight is 329 g/mol. The number of nitrogens with zero attached hydrogens (tertiary/aromatic N) is 2. The predicted octanol–water partition coefficient (Wildman–Crippen LogP) is 3.48. The van der Waals surface area contributed by atoms with Gasteiger partial charge < -0.3 is 14.9 Å². The van der Waals surface area contributed by atoms with Crippen LogP contribution in [0.3, 0.4) is 0 Å². The van der Waals surface area contributed by atoms with Crippen molar-refractivity contribution in [3.63, 3.8) is 0 Å². The molecule has 3 rings (SSSR count). The molecule has 24 heavy (non-hydrogen) atoms. The van der Waals surface area contributed by atoms with Crippen LogP contribution in [0.25, 0.3) is 11.4 Å². The lowest BCUT2D eigenvalue weighted by atomic mass is 9.85. The Bertz CT molecular complexity index is 718. The zero-order valence-electron chi connectivity index (χ0n) is 14.1. The summed E-state index contributed by atoms with van der Waals surface area (Å²) < 4.78 is 5.32. The number of carbonyl (C=O) groups is 1. The summed E-state index contributed by atoms with van der Waals surface area (Å²) in [6, 6.07) is 7.31. The van der Waals surface area contributed by atoms with Gasteiger partial charge in [0.15, 0.2) is 0 Å². The fourth-order valence-corrected chi connectivity index (χ4v) is 2.90. The van der Waals surface area contributed by atoms with Gasteiger partial charge >= 0.3 is 0 Å². The minimum Gasteiger partial charge on any atom is -0.380 e. The number of hydrogen-bond donors (Lipinski definition) is 2. The van der Waals surface area contributed by atoms with Crippen LogP contribution in [0.5, 0.6) is 0 Å². The van der Waals surface area contributed by atoms with Crippen LogP contribution in [0.1, 0.15) is 51.8 Å². The molecule has 1 saturated carbocycles. The molecule has 0 bridgehead atoms. The van der Waals surface area contributed by atoms with Gasteiger partial charge in [0, 0.05) is 17.2 Å². The quantitative estimate of drug-likeness (QED) is 0.896. The average Bonchev–Trinajstić information content (AvgIpc) is 3.06. The summed E-state index contributed by atoms with van der Waals surface area (Å²) >= 11 is 0. The molecule has 0 saturated heterocycles. The molecule has 0 unspecified atom stereocenters. The zero-order valence-corrected chi connectivity index (χ0v) is 14.1. The number of amides is 1. The van der Waals surface area contributed by atoms with Gasteiger partial charge in [-0.3, -0.25) is 4.79 Å². The molecule has 128 valence electrons. The van der Waals surface area contributed by atoms with Crippen LogP contribution in [-0.4, -0.2) is 21.2 Å². The largest absolute Gasteiger partial charge is 0.380 e. The molecule has 1 aliphatic rings. The second kappa shape index (κ2) is 6.73.